The van der Waals surface area contributed by atoms with Crippen molar-refractivity contribution < 1.29 is 9.47 Å². The van der Waals surface area contributed by atoms with Gasteiger partial charge in [-0.15, -0.1) is 24.0 Å². The number of rotatable bonds is 5. The number of benzene rings is 1. The largest absolute Gasteiger partial charge is 0.490 e. The number of fused-ring (bicyclic) bond motifs is 1. The van der Waals surface area contributed by atoms with E-state index >= 15 is 0 Å². The molecular weight excluding hydrogens is 413 g/mol. The molecule has 1 aliphatic rings. The third kappa shape index (κ3) is 6.12. The Balaban J connectivity index is 0.00000242. The van der Waals surface area contributed by atoms with Crippen molar-refractivity contribution >= 4 is 41.7 Å². The molecule has 22 heavy (non-hydrogen) atoms. The van der Waals surface area contributed by atoms with Crippen molar-refractivity contribution in [1.82, 2.24) is 10.6 Å². The zero-order chi connectivity index (χ0) is 14.9. The Labute approximate surface area is 153 Å². The second-order valence-corrected chi connectivity index (χ2v) is 5.66. The van der Waals surface area contributed by atoms with Crippen LogP contribution in [0.25, 0.3) is 0 Å². The van der Waals surface area contributed by atoms with Crippen LogP contribution in [0.15, 0.2) is 23.2 Å². The van der Waals surface area contributed by atoms with Gasteiger partial charge in [0.2, 0.25) is 0 Å². The summed E-state index contributed by atoms with van der Waals surface area (Å²) in [6, 6.07) is 6.06. The minimum atomic E-state index is 0. The highest BCUT2D eigenvalue weighted by Gasteiger charge is 2.10. The van der Waals surface area contributed by atoms with E-state index in [0.717, 1.165) is 48.3 Å². The highest BCUT2D eigenvalue weighted by Crippen LogP contribution is 2.30. The van der Waals surface area contributed by atoms with E-state index in [0.29, 0.717) is 13.2 Å². The molecule has 2 rings (SSSR count). The van der Waals surface area contributed by atoms with Crippen molar-refractivity contribution in [1.29, 1.82) is 0 Å². The van der Waals surface area contributed by atoms with E-state index in [1.54, 1.807) is 7.05 Å². The summed E-state index contributed by atoms with van der Waals surface area (Å²) >= 11 is 1.81. The van der Waals surface area contributed by atoms with Crippen LogP contribution < -0.4 is 20.1 Å². The summed E-state index contributed by atoms with van der Waals surface area (Å²) < 4.78 is 11.3. The van der Waals surface area contributed by atoms with Crippen molar-refractivity contribution in [3.63, 3.8) is 0 Å². The van der Waals surface area contributed by atoms with Gasteiger partial charge in [-0.2, -0.15) is 11.8 Å². The van der Waals surface area contributed by atoms with E-state index in [4.69, 9.17) is 9.47 Å². The summed E-state index contributed by atoms with van der Waals surface area (Å²) in [7, 11) is 1.78. The fraction of sp³-hybridized carbons (Fsp3) is 0.533. The van der Waals surface area contributed by atoms with Gasteiger partial charge in [-0.25, -0.2) is 0 Å². The molecule has 0 fully saturated rings. The Morgan fingerprint density at radius 3 is 2.73 bits per heavy atom. The normalized spacial score (nSPS) is 13.8. The molecule has 0 saturated carbocycles. The highest BCUT2D eigenvalue weighted by atomic mass is 127. The van der Waals surface area contributed by atoms with Crippen LogP contribution in [0.2, 0.25) is 0 Å². The molecule has 1 aromatic rings. The van der Waals surface area contributed by atoms with Gasteiger partial charge in [0.15, 0.2) is 17.5 Å². The number of hydrogen-bond donors (Lipinski definition) is 2. The van der Waals surface area contributed by atoms with Crippen LogP contribution in [-0.2, 0) is 6.54 Å². The van der Waals surface area contributed by atoms with Gasteiger partial charge in [0.25, 0.3) is 0 Å². The maximum absolute atomic E-state index is 5.70. The van der Waals surface area contributed by atoms with E-state index in [1.165, 1.54) is 0 Å². The van der Waals surface area contributed by atoms with Crippen LogP contribution >= 0.6 is 35.7 Å². The molecule has 1 aliphatic heterocycles. The lowest BCUT2D eigenvalue weighted by molar-refractivity contribution is 0.297. The van der Waals surface area contributed by atoms with Crippen molar-refractivity contribution in [3.8, 4) is 11.5 Å². The molecule has 0 amide bonds. The minimum Gasteiger partial charge on any atom is -0.490 e. The number of nitrogens with zero attached hydrogens (tertiary/aromatic N) is 1. The first-order chi connectivity index (χ1) is 10.3. The molecule has 5 nitrogen and oxygen atoms in total. The van der Waals surface area contributed by atoms with E-state index in [2.05, 4.69) is 27.9 Å². The maximum atomic E-state index is 5.70. The van der Waals surface area contributed by atoms with Crippen LogP contribution in [0.1, 0.15) is 12.0 Å². The first-order valence-electron chi connectivity index (χ1n) is 7.15. The number of halogens is 1. The number of guanidine groups is 1. The van der Waals surface area contributed by atoms with E-state index < -0.39 is 0 Å². The molecule has 2 N–H and O–H groups in total. The Morgan fingerprint density at radius 2 is 2.00 bits per heavy atom. The molecule has 0 radical (unpaired) electrons. The maximum Gasteiger partial charge on any atom is 0.191 e. The first-order valence-corrected chi connectivity index (χ1v) is 8.55. The van der Waals surface area contributed by atoms with Crippen LogP contribution in [0.4, 0.5) is 0 Å². The lowest BCUT2D eigenvalue weighted by Crippen LogP contribution is -2.37. The van der Waals surface area contributed by atoms with Gasteiger partial charge in [-0.3, -0.25) is 4.99 Å². The quantitative estimate of drug-likeness (QED) is 0.321. The predicted molar refractivity (Wildman–Crippen MR) is 104 cm³/mol. The second kappa shape index (κ2) is 10.8. The molecular formula is C15H24IN3O2S. The Hall–Kier alpha value is -0.830. The average Bonchev–Trinajstić information content (AvgIpc) is 2.75. The van der Waals surface area contributed by atoms with Crippen LogP contribution in [0.5, 0.6) is 11.5 Å². The molecule has 0 aliphatic carbocycles. The lowest BCUT2D eigenvalue weighted by Gasteiger charge is -2.13. The topological polar surface area (TPSA) is 54.9 Å². The molecule has 1 heterocycles. The van der Waals surface area contributed by atoms with Gasteiger partial charge < -0.3 is 20.1 Å². The molecule has 0 spiro atoms. The van der Waals surface area contributed by atoms with Crippen molar-refractivity contribution in [2.75, 3.05) is 38.8 Å². The summed E-state index contributed by atoms with van der Waals surface area (Å²) in [4.78, 5) is 4.21. The zero-order valence-electron chi connectivity index (χ0n) is 13.1. The monoisotopic (exact) mass is 437 g/mol. The van der Waals surface area contributed by atoms with Crippen molar-refractivity contribution in [2.45, 2.75) is 13.0 Å². The van der Waals surface area contributed by atoms with Gasteiger partial charge in [-0.05, 0) is 24.0 Å². The molecule has 1 aromatic carbocycles. The van der Waals surface area contributed by atoms with Crippen LogP contribution in [-0.4, -0.2) is 44.8 Å². The molecule has 0 unspecified atom stereocenters. The van der Waals surface area contributed by atoms with Crippen LogP contribution in [0.3, 0.4) is 0 Å². The zero-order valence-corrected chi connectivity index (χ0v) is 16.2. The highest BCUT2D eigenvalue weighted by molar-refractivity contribution is 14.0. The summed E-state index contributed by atoms with van der Waals surface area (Å²) in [5.74, 6) is 3.54. The van der Waals surface area contributed by atoms with E-state index in [-0.39, 0.29) is 24.0 Å². The summed E-state index contributed by atoms with van der Waals surface area (Å²) in [6.07, 6.45) is 3.02. The summed E-state index contributed by atoms with van der Waals surface area (Å²) in [5.41, 5.74) is 1.15. The van der Waals surface area contributed by atoms with Gasteiger partial charge in [0, 0.05) is 32.3 Å². The van der Waals surface area contributed by atoms with Gasteiger partial charge in [0.05, 0.1) is 13.2 Å². The first kappa shape index (κ1) is 19.2. The third-order valence-corrected chi connectivity index (χ3v) is 3.71. The SMILES string of the molecule is CN=C(NCCSC)NCc1ccc2c(c1)OCCCO2.I. The number of thioether (sulfide) groups is 1. The molecule has 124 valence electrons. The number of ether oxygens (including phenoxy) is 2. The Morgan fingerprint density at radius 1 is 1.23 bits per heavy atom. The average molecular weight is 437 g/mol. The van der Waals surface area contributed by atoms with Gasteiger partial charge in [0.1, 0.15) is 0 Å². The molecule has 0 saturated heterocycles. The minimum absolute atomic E-state index is 0. The molecule has 0 atom stereocenters. The number of aliphatic imine (C=N–C) groups is 1. The van der Waals surface area contributed by atoms with Crippen LogP contribution in [0, 0.1) is 0 Å². The summed E-state index contributed by atoms with van der Waals surface area (Å²) in [6.45, 7) is 3.04. The lowest BCUT2D eigenvalue weighted by atomic mass is 10.2. The van der Waals surface area contributed by atoms with E-state index in [9.17, 15) is 0 Å². The fourth-order valence-corrected chi connectivity index (χ4v) is 2.30. The standard InChI is InChI=1S/C15H23N3O2S.HI/c1-16-15(17-6-9-21-2)18-11-12-4-5-13-14(10-12)20-8-3-7-19-13;/h4-5,10H,3,6-9,11H2,1-2H3,(H2,16,17,18);1H. The summed E-state index contributed by atoms with van der Waals surface area (Å²) in [5, 5.41) is 6.58. The van der Waals surface area contributed by atoms with Gasteiger partial charge >= 0.3 is 0 Å². The van der Waals surface area contributed by atoms with Gasteiger partial charge in [-0.1, -0.05) is 6.07 Å². The second-order valence-electron chi connectivity index (χ2n) is 4.68. The molecule has 0 bridgehead atoms. The molecule has 0 aromatic heterocycles. The Bertz CT molecular complexity index is 486. The van der Waals surface area contributed by atoms with Crippen molar-refractivity contribution in [2.24, 2.45) is 4.99 Å². The third-order valence-electron chi connectivity index (χ3n) is 3.09. The predicted octanol–water partition coefficient (Wildman–Crippen LogP) is 2.49. The van der Waals surface area contributed by atoms with E-state index in [1.807, 2.05) is 23.9 Å². The smallest absolute Gasteiger partial charge is 0.191 e. The number of hydrogen-bond acceptors (Lipinski definition) is 4. The van der Waals surface area contributed by atoms with Crippen molar-refractivity contribution in [3.05, 3.63) is 23.8 Å². The fourth-order valence-electron chi connectivity index (χ4n) is 2.00. The number of nitrogens with one attached hydrogen (secondary N) is 2. The Kier molecular flexibility index (Phi) is 9.45. The molecule has 7 heteroatoms.